The van der Waals surface area contributed by atoms with E-state index in [0.29, 0.717) is 16.7 Å². The van der Waals surface area contributed by atoms with Gasteiger partial charge in [0.05, 0.1) is 15.8 Å². The smallest absolute Gasteiger partial charge is 0.340 e. The van der Waals surface area contributed by atoms with Crippen LogP contribution in [0.2, 0.25) is 5.02 Å². The summed E-state index contributed by atoms with van der Waals surface area (Å²) in [4.78, 5) is 30.6. The van der Waals surface area contributed by atoms with Crippen molar-refractivity contribution in [1.82, 2.24) is 4.98 Å². The van der Waals surface area contributed by atoms with E-state index in [2.05, 4.69) is 4.98 Å². The predicted molar refractivity (Wildman–Crippen MR) is 104 cm³/mol. The Balaban J connectivity index is 1.70. The molecule has 0 radical (unpaired) electrons. The van der Waals surface area contributed by atoms with E-state index in [4.69, 9.17) is 22.1 Å². The number of ether oxygens (including phenoxy) is 1. The summed E-state index contributed by atoms with van der Waals surface area (Å²) in [6, 6.07) is 12.1. The largest absolute Gasteiger partial charge is 0.452 e. The third-order valence-corrected chi connectivity index (χ3v) is 4.99. The molecule has 134 valence electrons. The molecule has 2 N–H and O–H groups in total. The molecular weight excluding hydrogens is 374 g/mol. The second-order valence-electron chi connectivity index (χ2n) is 5.41. The fourth-order valence-corrected chi connectivity index (χ4v) is 3.62. The Labute approximate surface area is 159 Å². The molecule has 0 saturated heterocycles. The molecule has 0 bridgehead atoms. The minimum absolute atomic E-state index is 0.172. The van der Waals surface area contributed by atoms with E-state index in [1.807, 2.05) is 31.2 Å². The van der Waals surface area contributed by atoms with Gasteiger partial charge in [-0.3, -0.25) is 9.69 Å². The number of likely N-dealkylation sites (N-methyl/N-ethyl adjacent to an activating group) is 1. The average Bonchev–Trinajstić information content (AvgIpc) is 3.04. The number of amides is 1. The van der Waals surface area contributed by atoms with Gasteiger partial charge in [0.15, 0.2) is 11.7 Å². The van der Waals surface area contributed by atoms with Crippen molar-refractivity contribution in [3.8, 4) is 0 Å². The lowest BCUT2D eigenvalue weighted by molar-refractivity contribution is -0.121. The maximum atomic E-state index is 12.5. The molecule has 1 aromatic heterocycles. The molecule has 0 spiro atoms. The number of para-hydroxylation sites is 1. The summed E-state index contributed by atoms with van der Waals surface area (Å²) in [7, 11) is 0. The van der Waals surface area contributed by atoms with Crippen LogP contribution in [-0.2, 0) is 9.53 Å². The van der Waals surface area contributed by atoms with Gasteiger partial charge in [0, 0.05) is 17.3 Å². The van der Waals surface area contributed by atoms with E-state index in [1.165, 1.54) is 34.4 Å². The van der Waals surface area contributed by atoms with E-state index in [1.54, 1.807) is 0 Å². The van der Waals surface area contributed by atoms with Gasteiger partial charge in [-0.25, -0.2) is 9.78 Å². The predicted octanol–water partition coefficient (Wildman–Crippen LogP) is 3.74. The van der Waals surface area contributed by atoms with Crippen molar-refractivity contribution in [3.05, 3.63) is 53.1 Å². The highest BCUT2D eigenvalue weighted by Gasteiger charge is 2.20. The summed E-state index contributed by atoms with van der Waals surface area (Å²) >= 11 is 7.22. The lowest BCUT2D eigenvalue weighted by Crippen LogP contribution is -2.34. The topological polar surface area (TPSA) is 85.5 Å². The Hall–Kier alpha value is -2.64. The van der Waals surface area contributed by atoms with E-state index in [-0.39, 0.29) is 17.2 Å². The number of nitrogens with two attached hydrogens (primary N) is 1. The van der Waals surface area contributed by atoms with Gasteiger partial charge in [-0.1, -0.05) is 35.1 Å². The Morgan fingerprint density at radius 1 is 1.27 bits per heavy atom. The van der Waals surface area contributed by atoms with Gasteiger partial charge in [0.2, 0.25) is 0 Å². The number of halogens is 1. The third-order valence-electron chi connectivity index (χ3n) is 3.69. The van der Waals surface area contributed by atoms with Crippen molar-refractivity contribution in [1.29, 1.82) is 0 Å². The molecule has 0 unspecified atom stereocenters. The van der Waals surface area contributed by atoms with Gasteiger partial charge in [0.25, 0.3) is 5.91 Å². The number of carbonyl (C=O) groups excluding carboxylic acids is 2. The van der Waals surface area contributed by atoms with Crippen molar-refractivity contribution in [3.63, 3.8) is 0 Å². The fourth-order valence-electron chi connectivity index (χ4n) is 2.40. The van der Waals surface area contributed by atoms with Crippen molar-refractivity contribution in [2.45, 2.75) is 6.92 Å². The van der Waals surface area contributed by atoms with Crippen LogP contribution in [0.5, 0.6) is 0 Å². The lowest BCUT2D eigenvalue weighted by Gasteiger charge is -2.17. The van der Waals surface area contributed by atoms with Gasteiger partial charge in [-0.05, 0) is 37.3 Å². The molecule has 2 aromatic carbocycles. The number of rotatable bonds is 5. The average molecular weight is 390 g/mol. The number of nitrogens with zero attached hydrogens (tertiary/aromatic N) is 2. The van der Waals surface area contributed by atoms with Crippen molar-refractivity contribution in [2.24, 2.45) is 0 Å². The molecule has 6 nitrogen and oxygen atoms in total. The van der Waals surface area contributed by atoms with Crippen LogP contribution in [0.1, 0.15) is 17.3 Å². The number of aromatic nitrogens is 1. The van der Waals surface area contributed by atoms with Crippen LogP contribution in [0.15, 0.2) is 42.5 Å². The number of carbonyl (C=O) groups is 2. The molecular formula is C18H16ClN3O3S. The van der Waals surface area contributed by atoms with Gasteiger partial charge in [-0.2, -0.15) is 0 Å². The van der Waals surface area contributed by atoms with E-state index in [0.717, 1.165) is 10.2 Å². The summed E-state index contributed by atoms with van der Waals surface area (Å²) in [5, 5.41) is 0.990. The fraction of sp³-hybridized carbons (Fsp3) is 0.167. The third kappa shape index (κ3) is 3.79. The maximum absolute atomic E-state index is 12.5. The molecule has 0 fully saturated rings. The first-order valence-electron chi connectivity index (χ1n) is 7.87. The standard InChI is InChI=1S/C18H16ClN3O3S/c1-2-22(18-21-14-5-3-4-6-15(14)26-18)16(23)10-25-17(24)12-8-7-11(19)9-13(12)20/h3-9H,2,10,20H2,1H3. The molecule has 26 heavy (non-hydrogen) atoms. The minimum Gasteiger partial charge on any atom is -0.452 e. The first-order valence-corrected chi connectivity index (χ1v) is 9.07. The van der Waals surface area contributed by atoms with Crippen LogP contribution in [0.4, 0.5) is 10.8 Å². The first-order chi connectivity index (χ1) is 12.5. The number of benzene rings is 2. The van der Waals surface area contributed by atoms with Crippen LogP contribution in [0.25, 0.3) is 10.2 Å². The summed E-state index contributed by atoms with van der Waals surface area (Å²) in [5.41, 5.74) is 6.96. The number of hydrogen-bond acceptors (Lipinski definition) is 6. The van der Waals surface area contributed by atoms with Crippen LogP contribution in [0, 0.1) is 0 Å². The Morgan fingerprint density at radius 3 is 2.73 bits per heavy atom. The molecule has 3 aromatic rings. The van der Waals surface area contributed by atoms with Crippen LogP contribution < -0.4 is 10.6 Å². The lowest BCUT2D eigenvalue weighted by atomic mass is 10.2. The molecule has 0 saturated carbocycles. The quantitative estimate of drug-likeness (QED) is 0.530. The van der Waals surface area contributed by atoms with Crippen molar-refractivity contribution >= 4 is 55.8 Å². The summed E-state index contributed by atoms with van der Waals surface area (Å²) in [6.07, 6.45) is 0. The highest BCUT2D eigenvalue weighted by atomic mass is 35.5. The van der Waals surface area contributed by atoms with E-state index >= 15 is 0 Å². The zero-order chi connectivity index (χ0) is 18.7. The number of thiazole rings is 1. The molecule has 0 atom stereocenters. The Kier molecular flexibility index (Phi) is 5.39. The van der Waals surface area contributed by atoms with Gasteiger partial charge in [-0.15, -0.1) is 0 Å². The highest BCUT2D eigenvalue weighted by molar-refractivity contribution is 7.22. The second kappa shape index (κ2) is 7.72. The zero-order valence-corrected chi connectivity index (χ0v) is 15.5. The molecule has 8 heteroatoms. The van der Waals surface area contributed by atoms with Gasteiger partial charge >= 0.3 is 5.97 Å². The van der Waals surface area contributed by atoms with Crippen LogP contribution in [-0.4, -0.2) is 30.0 Å². The summed E-state index contributed by atoms with van der Waals surface area (Å²) in [5.74, 6) is -1.03. The van der Waals surface area contributed by atoms with Crippen LogP contribution in [0.3, 0.4) is 0 Å². The number of anilines is 2. The molecule has 0 aliphatic rings. The molecule has 0 aliphatic carbocycles. The maximum Gasteiger partial charge on any atom is 0.340 e. The summed E-state index contributed by atoms with van der Waals surface area (Å²) in [6.45, 7) is 1.85. The van der Waals surface area contributed by atoms with Gasteiger partial charge in [0.1, 0.15) is 0 Å². The Bertz CT molecular complexity index is 940. The van der Waals surface area contributed by atoms with E-state index in [9.17, 15) is 9.59 Å². The minimum atomic E-state index is -0.673. The molecule has 0 aliphatic heterocycles. The number of esters is 1. The molecule has 1 amide bonds. The monoisotopic (exact) mass is 389 g/mol. The Morgan fingerprint density at radius 2 is 2.04 bits per heavy atom. The summed E-state index contributed by atoms with van der Waals surface area (Å²) < 4.78 is 6.10. The second-order valence-corrected chi connectivity index (χ2v) is 6.86. The van der Waals surface area contributed by atoms with E-state index < -0.39 is 12.6 Å². The molecule has 1 heterocycles. The first kappa shape index (κ1) is 18.2. The van der Waals surface area contributed by atoms with Crippen LogP contribution >= 0.6 is 22.9 Å². The molecule has 3 rings (SSSR count). The van der Waals surface area contributed by atoms with Crippen molar-refractivity contribution < 1.29 is 14.3 Å². The number of nitrogen functional groups attached to an aromatic ring is 1. The normalized spacial score (nSPS) is 10.7. The van der Waals surface area contributed by atoms with Crippen molar-refractivity contribution in [2.75, 3.05) is 23.8 Å². The van der Waals surface area contributed by atoms with Gasteiger partial charge < -0.3 is 10.5 Å². The number of fused-ring (bicyclic) bond motifs is 1. The SMILES string of the molecule is CCN(C(=O)COC(=O)c1ccc(Cl)cc1N)c1nc2ccccc2s1. The zero-order valence-electron chi connectivity index (χ0n) is 13.9. The number of hydrogen-bond donors (Lipinski definition) is 1. The highest BCUT2D eigenvalue weighted by Crippen LogP contribution is 2.28.